The van der Waals surface area contributed by atoms with Crippen molar-refractivity contribution in [1.82, 2.24) is 15.0 Å². The van der Waals surface area contributed by atoms with Gasteiger partial charge in [0.15, 0.2) is 5.75 Å². The molecule has 132 valence electrons. The first-order valence-electron chi connectivity index (χ1n) is 8.09. The first-order chi connectivity index (χ1) is 12.6. The minimum atomic E-state index is -0.145. The van der Waals surface area contributed by atoms with Crippen molar-refractivity contribution in [2.75, 3.05) is 10.6 Å². The molecule has 2 aromatic heterocycles. The summed E-state index contributed by atoms with van der Waals surface area (Å²) < 4.78 is 0. The topological polar surface area (TPSA) is 83.0 Å². The molecule has 1 aromatic carbocycles. The third-order valence-electron chi connectivity index (χ3n) is 3.88. The molecule has 8 heteroatoms. The minimum absolute atomic E-state index is 0.145. The summed E-state index contributed by atoms with van der Waals surface area (Å²) in [4.78, 5) is 13.2. The van der Waals surface area contributed by atoms with Crippen molar-refractivity contribution >= 4 is 40.7 Å². The highest BCUT2D eigenvalue weighted by Crippen LogP contribution is 2.36. The van der Waals surface area contributed by atoms with Crippen LogP contribution in [0.5, 0.6) is 5.75 Å². The Balaban J connectivity index is 1.70. The molecule has 4 rings (SSSR count). The summed E-state index contributed by atoms with van der Waals surface area (Å²) in [7, 11) is 0. The molecule has 0 unspecified atom stereocenters. The number of benzene rings is 1. The molecule has 6 nitrogen and oxygen atoms in total. The summed E-state index contributed by atoms with van der Waals surface area (Å²) in [6.45, 7) is 0. The Kier molecular flexibility index (Phi) is 4.53. The van der Waals surface area contributed by atoms with E-state index in [9.17, 15) is 5.11 Å². The molecule has 0 atom stereocenters. The van der Waals surface area contributed by atoms with E-state index < -0.39 is 0 Å². The number of phenols is 1. The number of nitrogens with one attached hydrogen (secondary N) is 2. The van der Waals surface area contributed by atoms with E-state index >= 15 is 0 Å². The number of hydrogen-bond acceptors (Lipinski definition) is 6. The number of aromatic nitrogens is 3. The molecular formula is C18H15Cl2N5O. The highest BCUT2D eigenvalue weighted by Gasteiger charge is 2.22. The summed E-state index contributed by atoms with van der Waals surface area (Å²) in [5.74, 6) is 0.987. The number of phenolic OH excluding ortho intramolecular Hbond substituents is 1. The zero-order valence-corrected chi connectivity index (χ0v) is 15.1. The fourth-order valence-corrected chi connectivity index (χ4v) is 2.92. The smallest absolute Gasteiger partial charge is 0.225 e. The van der Waals surface area contributed by atoms with Crippen molar-refractivity contribution in [3.05, 3.63) is 52.8 Å². The summed E-state index contributed by atoms with van der Waals surface area (Å²) in [5.41, 5.74) is 2.25. The van der Waals surface area contributed by atoms with E-state index in [0.717, 1.165) is 24.1 Å². The van der Waals surface area contributed by atoms with Crippen LogP contribution in [0.3, 0.4) is 0 Å². The number of aromatic hydroxyl groups is 1. The van der Waals surface area contributed by atoms with Gasteiger partial charge in [0.25, 0.3) is 0 Å². The van der Waals surface area contributed by atoms with Gasteiger partial charge in [-0.3, -0.25) is 4.98 Å². The van der Waals surface area contributed by atoms with Crippen molar-refractivity contribution in [1.29, 1.82) is 0 Å². The second-order valence-corrected chi connectivity index (χ2v) is 6.85. The first-order valence-corrected chi connectivity index (χ1v) is 8.85. The van der Waals surface area contributed by atoms with Crippen molar-refractivity contribution < 1.29 is 5.11 Å². The highest BCUT2D eigenvalue weighted by atomic mass is 35.5. The number of nitrogens with zero attached hydrogens (tertiary/aromatic N) is 3. The maximum atomic E-state index is 9.71. The molecule has 0 spiro atoms. The summed E-state index contributed by atoms with van der Waals surface area (Å²) in [5, 5.41) is 16.5. The Hall–Kier alpha value is -2.57. The van der Waals surface area contributed by atoms with Crippen molar-refractivity contribution in [3.8, 4) is 17.0 Å². The van der Waals surface area contributed by atoms with Gasteiger partial charge in [-0.2, -0.15) is 4.98 Å². The van der Waals surface area contributed by atoms with E-state index in [0.29, 0.717) is 23.5 Å². The number of anilines is 3. The van der Waals surface area contributed by atoms with Gasteiger partial charge in [-0.1, -0.05) is 23.2 Å². The van der Waals surface area contributed by atoms with Crippen LogP contribution in [0.1, 0.15) is 12.8 Å². The summed E-state index contributed by atoms with van der Waals surface area (Å²) in [6.07, 6.45) is 5.70. The minimum Gasteiger partial charge on any atom is -0.505 e. The number of halogens is 2. The Morgan fingerprint density at radius 1 is 1.08 bits per heavy atom. The summed E-state index contributed by atoms with van der Waals surface area (Å²) >= 11 is 12.0. The van der Waals surface area contributed by atoms with Crippen LogP contribution in [0.2, 0.25) is 10.0 Å². The Morgan fingerprint density at radius 3 is 2.50 bits per heavy atom. The lowest BCUT2D eigenvalue weighted by Gasteiger charge is -2.12. The fourth-order valence-electron chi connectivity index (χ4n) is 2.43. The lowest BCUT2D eigenvalue weighted by atomic mass is 10.2. The van der Waals surface area contributed by atoms with Crippen LogP contribution >= 0.6 is 23.2 Å². The van der Waals surface area contributed by atoms with Gasteiger partial charge >= 0.3 is 0 Å². The van der Waals surface area contributed by atoms with Gasteiger partial charge < -0.3 is 15.7 Å². The standard InChI is InChI=1S/C18H15Cl2N5O/c19-13-6-12(7-14(20)17(13)26)22-16-8-15(10-2-1-5-21-9-10)24-18(25-16)23-11-3-4-11/h1-2,5-9,11,26H,3-4H2,(H2,22,23,24,25). The first kappa shape index (κ1) is 16.9. The molecule has 1 aliphatic rings. The number of pyridine rings is 1. The normalized spacial score (nSPS) is 13.5. The van der Waals surface area contributed by atoms with E-state index in [1.165, 1.54) is 0 Å². The molecule has 1 fully saturated rings. The average Bonchev–Trinajstić information content (AvgIpc) is 3.44. The fraction of sp³-hybridized carbons (Fsp3) is 0.167. The zero-order chi connectivity index (χ0) is 18.1. The van der Waals surface area contributed by atoms with Gasteiger partial charge in [-0.05, 0) is 37.1 Å². The van der Waals surface area contributed by atoms with Crippen molar-refractivity contribution in [2.45, 2.75) is 18.9 Å². The quantitative estimate of drug-likeness (QED) is 0.541. The number of hydrogen-bond donors (Lipinski definition) is 3. The summed E-state index contributed by atoms with van der Waals surface area (Å²) in [6, 6.07) is 9.21. The largest absolute Gasteiger partial charge is 0.505 e. The van der Waals surface area contributed by atoms with E-state index in [2.05, 4.69) is 25.6 Å². The maximum Gasteiger partial charge on any atom is 0.225 e. The van der Waals surface area contributed by atoms with Gasteiger partial charge in [0.1, 0.15) is 5.82 Å². The molecule has 0 radical (unpaired) electrons. The van der Waals surface area contributed by atoms with Crippen LogP contribution in [-0.2, 0) is 0 Å². The number of rotatable bonds is 5. The van der Waals surface area contributed by atoms with Gasteiger partial charge in [0.05, 0.1) is 15.7 Å². The average molecular weight is 388 g/mol. The SMILES string of the molecule is Oc1c(Cl)cc(Nc2cc(-c3cccnc3)nc(NC3CC3)n2)cc1Cl. The van der Waals surface area contributed by atoms with E-state index in [1.54, 1.807) is 24.5 Å². The van der Waals surface area contributed by atoms with Gasteiger partial charge in [-0.15, -0.1) is 0 Å². The Bertz CT molecular complexity index is 925. The third-order valence-corrected chi connectivity index (χ3v) is 4.46. The zero-order valence-electron chi connectivity index (χ0n) is 13.6. The second-order valence-electron chi connectivity index (χ2n) is 6.04. The Morgan fingerprint density at radius 2 is 1.85 bits per heavy atom. The van der Waals surface area contributed by atoms with E-state index in [1.807, 2.05) is 18.2 Å². The molecule has 0 saturated heterocycles. The molecule has 2 heterocycles. The molecule has 0 aliphatic heterocycles. The van der Waals surface area contributed by atoms with Gasteiger partial charge in [0, 0.05) is 35.8 Å². The van der Waals surface area contributed by atoms with Crippen molar-refractivity contribution in [2.24, 2.45) is 0 Å². The van der Waals surface area contributed by atoms with E-state index in [-0.39, 0.29) is 15.8 Å². The Labute approximate surface area is 160 Å². The van der Waals surface area contributed by atoms with Crippen LogP contribution in [0.25, 0.3) is 11.3 Å². The van der Waals surface area contributed by atoms with Crippen LogP contribution in [0.15, 0.2) is 42.7 Å². The lowest BCUT2D eigenvalue weighted by molar-refractivity contribution is 0.476. The monoisotopic (exact) mass is 387 g/mol. The molecular weight excluding hydrogens is 373 g/mol. The predicted molar refractivity (Wildman–Crippen MR) is 103 cm³/mol. The molecule has 0 amide bonds. The predicted octanol–water partition coefficient (Wildman–Crippen LogP) is 4.87. The van der Waals surface area contributed by atoms with Gasteiger partial charge in [-0.25, -0.2) is 4.98 Å². The molecule has 3 aromatic rings. The molecule has 26 heavy (non-hydrogen) atoms. The van der Waals surface area contributed by atoms with Crippen molar-refractivity contribution in [3.63, 3.8) is 0 Å². The van der Waals surface area contributed by atoms with Crippen LogP contribution < -0.4 is 10.6 Å². The van der Waals surface area contributed by atoms with Gasteiger partial charge in [0.2, 0.25) is 5.95 Å². The third kappa shape index (κ3) is 3.81. The molecule has 0 bridgehead atoms. The highest BCUT2D eigenvalue weighted by molar-refractivity contribution is 6.37. The van der Waals surface area contributed by atoms with Crippen LogP contribution in [0.4, 0.5) is 17.5 Å². The molecule has 3 N–H and O–H groups in total. The van der Waals surface area contributed by atoms with Crippen LogP contribution in [0, 0.1) is 0 Å². The molecule has 1 aliphatic carbocycles. The molecule has 1 saturated carbocycles. The lowest BCUT2D eigenvalue weighted by Crippen LogP contribution is -2.07. The second kappa shape index (κ2) is 6.97. The maximum absolute atomic E-state index is 9.71. The van der Waals surface area contributed by atoms with E-state index in [4.69, 9.17) is 23.2 Å². The van der Waals surface area contributed by atoms with Crippen LogP contribution in [-0.4, -0.2) is 26.1 Å².